The number of piperidine rings is 1. The minimum atomic E-state index is -3.39. The van der Waals surface area contributed by atoms with E-state index in [1.165, 1.54) is 0 Å². The molecule has 0 radical (unpaired) electrons. The molecule has 2 heterocycles. The predicted octanol–water partition coefficient (Wildman–Crippen LogP) is 3.23. The maximum Gasteiger partial charge on any atom is 0.244 e. The van der Waals surface area contributed by atoms with Gasteiger partial charge in [0.15, 0.2) is 0 Å². The van der Waals surface area contributed by atoms with Gasteiger partial charge in [0, 0.05) is 31.0 Å². The summed E-state index contributed by atoms with van der Waals surface area (Å²) in [6.07, 6.45) is 3.76. The normalized spacial score (nSPS) is 21.6. The molecule has 0 spiro atoms. The van der Waals surface area contributed by atoms with Crippen molar-refractivity contribution in [1.29, 1.82) is 0 Å². The van der Waals surface area contributed by atoms with Crippen LogP contribution in [0.5, 0.6) is 0 Å². The summed E-state index contributed by atoms with van der Waals surface area (Å²) in [6.45, 7) is 7.39. The van der Waals surface area contributed by atoms with Crippen LogP contribution in [0.25, 0.3) is 0 Å². The van der Waals surface area contributed by atoms with Crippen LogP contribution in [0.2, 0.25) is 0 Å². The molecule has 0 aliphatic carbocycles. The lowest BCUT2D eigenvalue weighted by Crippen LogP contribution is -2.38. The van der Waals surface area contributed by atoms with Crippen LogP contribution in [-0.4, -0.2) is 30.4 Å². The van der Waals surface area contributed by atoms with Crippen LogP contribution in [0.15, 0.2) is 17.2 Å². The third kappa shape index (κ3) is 3.05. The van der Waals surface area contributed by atoms with E-state index in [2.05, 4.69) is 6.92 Å². The van der Waals surface area contributed by atoms with Crippen molar-refractivity contribution >= 4 is 21.6 Å². The Morgan fingerprint density at radius 3 is 2.65 bits per heavy atom. The molecule has 20 heavy (non-hydrogen) atoms. The van der Waals surface area contributed by atoms with Gasteiger partial charge in [0.25, 0.3) is 0 Å². The van der Waals surface area contributed by atoms with E-state index in [0.717, 1.165) is 18.5 Å². The highest BCUT2D eigenvalue weighted by molar-refractivity contribution is 7.89. The zero-order valence-corrected chi connectivity index (χ0v) is 13.9. The van der Waals surface area contributed by atoms with Gasteiger partial charge in [-0.1, -0.05) is 6.92 Å². The van der Waals surface area contributed by atoms with Crippen molar-refractivity contribution in [2.45, 2.75) is 50.4 Å². The molecule has 1 aromatic rings. The van der Waals surface area contributed by atoms with Crippen LogP contribution in [0.3, 0.4) is 0 Å². The molecular formula is C14H23ClN2O2S. The summed E-state index contributed by atoms with van der Waals surface area (Å²) in [5, 5.41) is 0. The fourth-order valence-corrected chi connectivity index (χ4v) is 4.60. The van der Waals surface area contributed by atoms with Crippen molar-refractivity contribution in [2.75, 3.05) is 13.1 Å². The van der Waals surface area contributed by atoms with Crippen LogP contribution < -0.4 is 0 Å². The molecule has 1 atom stereocenters. The standard InChI is InChI=1S/C14H23ClN2O2S/c1-11(2)17-10-14(7-13(17)8-15)20(18,19)16-6-4-5-12(3)9-16/h7,10-12H,4-6,8-9H2,1-3H3. The van der Waals surface area contributed by atoms with Gasteiger partial charge in [-0.15, -0.1) is 11.6 Å². The fourth-order valence-electron chi connectivity index (χ4n) is 2.74. The molecule has 114 valence electrons. The van der Waals surface area contributed by atoms with E-state index >= 15 is 0 Å². The lowest BCUT2D eigenvalue weighted by molar-refractivity contribution is 0.281. The second-order valence-corrected chi connectivity index (χ2v) is 8.12. The van der Waals surface area contributed by atoms with Crippen molar-refractivity contribution in [3.8, 4) is 0 Å². The smallest absolute Gasteiger partial charge is 0.244 e. The monoisotopic (exact) mass is 318 g/mol. The molecule has 1 fully saturated rings. The molecule has 0 aromatic carbocycles. The Balaban J connectivity index is 2.34. The van der Waals surface area contributed by atoms with E-state index < -0.39 is 10.0 Å². The molecule has 0 N–H and O–H groups in total. The Bertz CT molecular complexity index is 566. The Morgan fingerprint density at radius 2 is 2.15 bits per heavy atom. The topological polar surface area (TPSA) is 42.3 Å². The number of nitrogens with zero attached hydrogens (tertiary/aromatic N) is 2. The Hall–Kier alpha value is -0.520. The van der Waals surface area contributed by atoms with Crippen LogP contribution in [0, 0.1) is 5.92 Å². The van der Waals surface area contributed by atoms with Crippen LogP contribution in [0.4, 0.5) is 0 Å². The zero-order chi connectivity index (χ0) is 14.9. The summed E-state index contributed by atoms with van der Waals surface area (Å²) in [5.41, 5.74) is 0.852. The van der Waals surface area contributed by atoms with E-state index in [1.807, 2.05) is 18.4 Å². The van der Waals surface area contributed by atoms with Crippen LogP contribution in [-0.2, 0) is 15.9 Å². The first-order valence-electron chi connectivity index (χ1n) is 7.13. The average Bonchev–Trinajstić information content (AvgIpc) is 2.83. The highest BCUT2D eigenvalue weighted by Gasteiger charge is 2.30. The largest absolute Gasteiger partial charge is 0.346 e. The summed E-state index contributed by atoms with van der Waals surface area (Å²) in [5.74, 6) is 0.752. The first kappa shape index (κ1) is 15.9. The molecule has 1 saturated heterocycles. The van der Waals surface area contributed by atoms with E-state index in [-0.39, 0.29) is 6.04 Å². The van der Waals surface area contributed by atoms with Gasteiger partial charge < -0.3 is 4.57 Å². The van der Waals surface area contributed by atoms with Gasteiger partial charge >= 0.3 is 0 Å². The summed E-state index contributed by atoms with van der Waals surface area (Å²) < 4.78 is 29.0. The third-order valence-electron chi connectivity index (χ3n) is 3.86. The molecule has 0 amide bonds. The molecule has 2 rings (SSSR count). The molecule has 6 heteroatoms. The van der Waals surface area contributed by atoms with E-state index in [0.29, 0.717) is 29.8 Å². The molecule has 1 aromatic heterocycles. The lowest BCUT2D eigenvalue weighted by Gasteiger charge is -2.29. The van der Waals surface area contributed by atoms with Crippen LogP contribution in [0.1, 0.15) is 45.3 Å². The third-order valence-corrected chi connectivity index (χ3v) is 5.96. The number of halogens is 1. The number of hydrogen-bond donors (Lipinski definition) is 0. The summed E-state index contributed by atoms with van der Waals surface area (Å²) in [7, 11) is -3.39. The second kappa shape index (κ2) is 6.08. The number of alkyl halides is 1. The van der Waals surface area contributed by atoms with Gasteiger partial charge in [-0.25, -0.2) is 8.42 Å². The minimum Gasteiger partial charge on any atom is -0.346 e. The first-order chi connectivity index (χ1) is 9.36. The van der Waals surface area contributed by atoms with Gasteiger partial charge in [0.05, 0.1) is 5.88 Å². The first-order valence-corrected chi connectivity index (χ1v) is 9.10. The molecule has 1 aliphatic heterocycles. The van der Waals surface area contributed by atoms with Gasteiger partial charge in [-0.3, -0.25) is 0 Å². The molecule has 1 aliphatic rings. The van der Waals surface area contributed by atoms with Gasteiger partial charge in [0.1, 0.15) is 4.90 Å². The van der Waals surface area contributed by atoms with Crippen molar-refractivity contribution in [1.82, 2.24) is 8.87 Å². The molecular weight excluding hydrogens is 296 g/mol. The average molecular weight is 319 g/mol. The number of sulfonamides is 1. The van der Waals surface area contributed by atoms with Gasteiger partial charge in [-0.2, -0.15) is 4.31 Å². The molecule has 4 nitrogen and oxygen atoms in total. The minimum absolute atomic E-state index is 0.202. The number of aromatic nitrogens is 1. The number of rotatable bonds is 4. The van der Waals surface area contributed by atoms with E-state index in [1.54, 1.807) is 16.6 Å². The molecule has 0 bridgehead atoms. The fraction of sp³-hybridized carbons (Fsp3) is 0.714. The SMILES string of the molecule is CC1CCCN(S(=O)(=O)c2cc(CCl)n(C(C)C)c2)C1. The zero-order valence-electron chi connectivity index (χ0n) is 12.3. The second-order valence-electron chi connectivity index (χ2n) is 5.91. The Labute approximate surface area is 126 Å². The summed E-state index contributed by atoms with van der Waals surface area (Å²) in [4.78, 5) is 0.371. The maximum absolute atomic E-state index is 12.7. The summed E-state index contributed by atoms with van der Waals surface area (Å²) >= 11 is 5.92. The van der Waals surface area contributed by atoms with Crippen molar-refractivity contribution in [3.05, 3.63) is 18.0 Å². The quantitative estimate of drug-likeness (QED) is 0.800. The Morgan fingerprint density at radius 1 is 1.45 bits per heavy atom. The van der Waals surface area contributed by atoms with E-state index in [9.17, 15) is 8.42 Å². The van der Waals surface area contributed by atoms with Gasteiger partial charge in [-0.05, 0) is 38.7 Å². The van der Waals surface area contributed by atoms with Gasteiger partial charge in [0.2, 0.25) is 10.0 Å². The molecule has 1 unspecified atom stereocenters. The molecule has 0 saturated carbocycles. The number of hydrogen-bond acceptors (Lipinski definition) is 2. The Kier molecular flexibility index (Phi) is 4.82. The van der Waals surface area contributed by atoms with Crippen molar-refractivity contribution < 1.29 is 8.42 Å². The predicted molar refractivity (Wildman–Crippen MR) is 81.5 cm³/mol. The van der Waals surface area contributed by atoms with Crippen LogP contribution >= 0.6 is 11.6 Å². The van der Waals surface area contributed by atoms with E-state index in [4.69, 9.17) is 11.6 Å². The van der Waals surface area contributed by atoms with Crippen molar-refractivity contribution in [2.24, 2.45) is 5.92 Å². The van der Waals surface area contributed by atoms with Crippen molar-refractivity contribution in [3.63, 3.8) is 0 Å². The highest BCUT2D eigenvalue weighted by atomic mass is 35.5. The highest BCUT2D eigenvalue weighted by Crippen LogP contribution is 2.26. The maximum atomic E-state index is 12.7. The summed E-state index contributed by atoms with van der Waals surface area (Å²) in [6, 6.07) is 1.91. The lowest BCUT2D eigenvalue weighted by atomic mass is 10.0.